The predicted molar refractivity (Wildman–Crippen MR) is 134 cm³/mol. The second-order valence-electron chi connectivity index (χ2n) is 11.7. The number of allylic oxidation sites excluding steroid dienone is 2. The van der Waals surface area contributed by atoms with Gasteiger partial charge < -0.3 is 0 Å². The van der Waals surface area contributed by atoms with Crippen LogP contribution in [0.5, 0.6) is 0 Å². The van der Waals surface area contributed by atoms with Crippen LogP contribution in [0.4, 0.5) is 0 Å². The highest BCUT2D eigenvalue weighted by atomic mass is 127. The van der Waals surface area contributed by atoms with Crippen LogP contribution in [-0.2, 0) is 0 Å². The van der Waals surface area contributed by atoms with Gasteiger partial charge in [-0.15, -0.1) is 0 Å². The van der Waals surface area contributed by atoms with Gasteiger partial charge in [0.15, 0.2) is 0 Å². The van der Waals surface area contributed by atoms with Crippen molar-refractivity contribution < 1.29 is 0 Å². The monoisotopic (exact) mass is 514 g/mol. The molecule has 0 aromatic carbocycles. The summed E-state index contributed by atoms with van der Waals surface area (Å²) in [7, 11) is 2.08. The SMILES string of the molecule is CC(C)CCCCC1CCC2C3CC=C4CC(SI)CCC4(C)C3CCC12C. The minimum Gasteiger partial charge on any atom is -0.0856 e. The molecule has 0 aromatic rings. The molecule has 0 amide bonds. The molecule has 0 aromatic heterocycles. The lowest BCUT2D eigenvalue weighted by Crippen LogP contribution is -2.50. The second kappa shape index (κ2) is 8.75. The molecule has 2 heteroatoms. The summed E-state index contributed by atoms with van der Waals surface area (Å²) in [6, 6.07) is 0. The minimum absolute atomic E-state index is 0.544. The minimum atomic E-state index is 0.544. The van der Waals surface area contributed by atoms with Crippen molar-refractivity contribution in [3.05, 3.63) is 11.6 Å². The van der Waals surface area contributed by atoms with Gasteiger partial charge in [-0.25, -0.2) is 0 Å². The van der Waals surface area contributed by atoms with Gasteiger partial charge in [-0.05, 0) is 119 Å². The first kappa shape index (κ1) is 22.0. The van der Waals surface area contributed by atoms with E-state index in [9.17, 15) is 0 Å². The van der Waals surface area contributed by atoms with E-state index in [1.54, 1.807) is 0 Å². The standard InChI is InChI=1S/C26H43IS/c1-18(2)7-5-6-8-19-10-12-23-22-11-9-20-17-21(28-27)13-15-26(20,4)24(22)14-16-25(19,23)3/h9,18-19,21-24H,5-8,10-17H2,1-4H3. The number of halogens is 1. The van der Waals surface area contributed by atoms with Crippen LogP contribution in [0.25, 0.3) is 0 Å². The Labute approximate surface area is 191 Å². The van der Waals surface area contributed by atoms with Crippen molar-refractivity contribution in [2.45, 2.75) is 110 Å². The summed E-state index contributed by atoms with van der Waals surface area (Å²) in [4.78, 5) is 0. The Balaban J connectivity index is 1.45. The van der Waals surface area contributed by atoms with Crippen molar-refractivity contribution in [3.63, 3.8) is 0 Å². The summed E-state index contributed by atoms with van der Waals surface area (Å²) in [5, 5.41) is 0.882. The number of hydrogen-bond donors (Lipinski definition) is 0. The molecule has 0 heterocycles. The van der Waals surface area contributed by atoms with Crippen LogP contribution < -0.4 is 0 Å². The van der Waals surface area contributed by atoms with Gasteiger partial charge in [0.25, 0.3) is 0 Å². The fourth-order valence-electron chi connectivity index (χ4n) is 8.23. The first-order chi connectivity index (χ1) is 13.4. The van der Waals surface area contributed by atoms with Crippen LogP contribution in [0.3, 0.4) is 0 Å². The predicted octanol–water partition coefficient (Wildman–Crippen LogP) is 9.23. The molecule has 4 aliphatic rings. The average Bonchev–Trinajstić information content (AvgIpc) is 3.01. The van der Waals surface area contributed by atoms with Gasteiger partial charge >= 0.3 is 0 Å². The molecule has 28 heavy (non-hydrogen) atoms. The summed E-state index contributed by atoms with van der Waals surface area (Å²) in [6.07, 6.45) is 20.5. The molecule has 0 radical (unpaired) electrons. The third-order valence-electron chi connectivity index (χ3n) is 9.97. The van der Waals surface area contributed by atoms with Gasteiger partial charge in [-0.3, -0.25) is 0 Å². The molecule has 4 aliphatic carbocycles. The number of unbranched alkanes of at least 4 members (excludes halogenated alkanes) is 1. The molecular formula is C26H43IS. The molecule has 0 nitrogen and oxygen atoms in total. The summed E-state index contributed by atoms with van der Waals surface area (Å²) in [5.74, 6) is 4.91. The summed E-state index contributed by atoms with van der Waals surface area (Å²) in [5.41, 5.74) is 3.07. The number of rotatable bonds is 6. The summed E-state index contributed by atoms with van der Waals surface area (Å²) in [6.45, 7) is 10.2. The zero-order chi connectivity index (χ0) is 19.9. The zero-order valence-electron chi connectivity index (χ0n) is 18.8. The van der Waals surface area contributed by atoms with E-state index in [1.807, 2.05) is 5.57 Å². The molecule has 3 fully saturated rings. The maximum Gasteiger partial charge on any atom is 0.0185 e. The van der Waals surface area contributed by atoms with Gasteiger partial charge in [0.05, 0.1) is 0 Å². The number of hydrogen-bond acceptors (Lipinski definition) is 1. The summed E-state index contributed by atoms with van der Waals surface area (Å²) < 4.78 is 0. The lowest BCUT2D eigenvalue weighted by molar-refractivity contribution is -0.0421. The fourth-order valence-corrected chi connectivity index (χ4v) is 9.98. The highest BCUT2D eigenvalue weighted by Crippen LogP contribution is 2.67. The maximum atomic E-state index is 2.75. The van der Waals surface area contributed by atoms with Crippen LogP contribution in [0.2, 0.25) is 0 Å². The molecule has 0 saturated heterocycles. The first-order valence-corrected chi connectivity index (χ1v) is 15.8. The third kappa shape index (κ3) is 3.89. The van der Waals surface area contributed by atoms with Gasteiger partial charge in [-0.1, -0.05) is 67.5 Å². The van der Waals surface area contributed by atoms with Crippen molar-refractivity contribution in [2.24, 2.45) is 40.4 Å². The lowest BCUT2D eigenvalue weighted by atomic mass is 9.47. The number of fused-ring (bicyclic) bond motifs is 5. The molecule has 160 valence electrons. The molecular weight excluding hydrogens is 471 g/mol. The van der Waals surface area contributed by atoms with Gasteiger partial charge in [0.2, 0.25) is 0 Å². The maximum absolute atomic E-state index is 2.75. The van der Waals surface area contributed by atoms with Crippen molar-refractivity contribution in [2.75, 3.05) is 0 Å². The van der Waals surface area contributed by atoms with E-state index in [-0.39, 0.29) is 0 Å². The third-order valence-corrected chi connectivity index (χ3v) is 12.8. The van der Waals surface area contributed by atoms with Crippen molar-refractivity contribution >= 4 is 30.1 Å². The smallest absolute Gasteiger partial charge is 0.0185 e. The molecule has 0 bridgehead atoms. The van der Waals surface area contributed by atoms with Gasteiger partial charge in [0.1, 0.15) is 0 Å². The highest BCUT2D eigenvalue weighted by Gasteiger charge is 2.58. The fraction of sp³-hybridized carbons (Fsp3) is 0.923. The van der Waals surface area contributed by atoms with E-state index in [1.165, 1.54) is 77.0 Å². The van der Waals surface area contributed by atoms with Crippen LogP contribution in [0.1, 0.15) is 105 Å². The van der Waals surface area contributed by atoms with Gasteiger partial charge in [0, 0.05) is 5.25 Å². The molecule has 7 unspecified atom stereocenters. The van der Waals surface area contributed by atoms with E-state index in [0.717, 1.165) is 34.8 Å². The van der Waals surface area contributed by atoms with Crippen LogP contribution in [-0.4, -0.2) is 5.25 Å². The van der Waals surface area contributed by atoms with E-state index >= 15 is 0 Å². The molecule has 3 saturated carbocycles. The van der Waals surface area contributed by atoms with Crippen molar-refractivity contribution in [1.29, 1.82) is 0 Å². The molecule has 7 atom stereocenters. The Morgan fingerprint density at radius 1 is 1.07 bits per heavy atom. The highest BCUT2D eigenvalue weighted by molar-refractivity contribution is 14.2. The van der Waals surface area contributed by atoms with Gasteiger partial charge in [-0.2, -0.15) is 0 Å². The van der Waals surface area contributed by atoms with E-state index in [2.05, 4.69) is 63.9 Å². The normalized spacial score (nSPS) is 45.4. The molecule has 0 aliphatic heterocycles. The zero-order valence-corrected chi connectivity index (χ0v) is 21.8. The quantitative estimate of drug-likeness (QED) is 0.193. The van der Waals surface area contributed by atoms with Crippen LogP contribution in [0.15, 0.2) is 11.6 Å². The molecule has 0 N–H and O–H groups in total. The summed E-state index contributed by atoms with van der Waals surface area (Å²) >= 11 is 2.54. The Bertz CT molecular complexity index is 583. The molecule has 0 spiro atoms. The average molecular weight is 515 g/mol. The largest absolute Gasteiger partial charge is 0.0856 e. The van der Waals surface area contributed by atoms with Crippen molar-refractivity contribution in [3.8, 4) is 0 Å². The lowest BCUT2D eigenvalue weighted by Gasteiger charge is -2.58. The van der Waals surface area contributed by atoms with Crippen molar-refractivity contribution in [1.82, 2.24) is 0 Å². The van der Waals surface area contributed by atoms with Crippen LogP contribution >= 0.6 is 30.1 Å². The van der Waals surface area contributed by atoms with E-state index < -0.39 is 0 Å². The van der Waals surface area contributed by atoms with E-state index in [0.29, 0.717) is 10.8 Å². The van der Waals surface area contributed by atoms with Crippen LogP contribution in [0, 0.1) is 40.4 Å². The first-order valence-electron chi connectivity index (χ1n) is 12.4. The second-order valence-corrected chi connectivity index (χ2v) is 14.1. The molecule has 4 rings (SSSR count). The van der Waals surface area contributed by atoms with E-state index in [4.69, 9.17) is 0 Å². The topological polar surface area (TPSA) is 0 Å². The Morgan fingerprint density at radius 2 is 1.89 bits per heavy atom. The Kier molecular flexibility index (Phi) is 6.89. The Morgan fingerprint density at radius 3 is 2.64 bits per heavy atom. The Hall–Kier alpha value is 0.820.